The minimum absolute atomic E-state index is 0.0124. The summed E-state index contributed by atoms with van der Waals surface area (Å²) in [5, 5.41) is 23.2. The molecule has 0 aliphatic heterocycles. The van der Waals surface area contributed by atoms with E-state index in [0.29, 0.717) is 25.9 Å². The van der Waals surface area contributed by atoms with Crippen LogP contribution in [0.1, 0.15) is 348 Å². The first-order chi connectivity index (χ1) is 34.5. The molecule has 0 aromatic heterocycles. The van der Waals surface area contributed by atoms with Gasteiger partial charge in [-0.2, -0.15) is 0 Å². The molecule has 70 heavy (non-hydrogen) atoms. The predicted molar refractivity (Wildman–Crippen MR) is 306 cm³/mol. The monoisotopic (exact) mass is 986 g/mol. The maximum absolute atomic E-state index is 12.4. The molecule has 0 bridgehead atoms. The number of unbranched alkanes of at least 4 members (excludes halogenated alkanes) is 44. The molecule has 6 heteroatoms. The Hall–Kier alpha value is -1.66. The van der Waals surface area contributed by atoms with Crippen molar-refractivity contribution in [1.82, 2.24) is 5.32 Å². The Labute approximate surface area is 437 Å². The summed E-state index contributed by atoms with van der Waals surface area (Å²) in [4.78, 5) is 24.5. The van der Waals surface area contributed by atoms with E-state index in [9.17, 15) is 19.8 Å². The topological polar surface area (TPSA) is 95.9 Å². The number of aliphatic hydroxyl groups is 2. The van der Waals surface area contributed by atoms with Gasteiger partial charge in [-0.1, -0.05) is 282 Å². The Bertz CT molecular complexity index is 1090. The van der Waals surface area contributed by atoms with Crippen LogP contribution in [0.25, 0.3) is 0 Å². The number of amides is 1. The molecule has 1 amide bonds. The van der Waals surface area contributed by atoms with Crippen molar-refractivity contribution in [2.45, 2.75) is 360 Å². The molecular weight excluding hydrogens is 863 g/mol. The normalized spacial score (nSPS) is 12.7. The number of esters is 1. The van der Waals surface area contributed by atoms with Gasteiger partial charge in [-0.3, -0.25) is 9.59 Å². The van der Waals surface area contributed by atoms with Crippen LogP contribution in [0.4, 0.5) is 0 Å². The molecule has 6 nitrogen and oxygen atoms in total. The van der Waals surface area contributed by atoms with Gasteiger partial charge in [-0.25, -0.2) is 0 Å². The summed E-state index contributed by atoms with van der Waals surface area (Å²) >= 11 is 0. The maximum atomic E-state index is 12.4. The molecule has 0 fully saturated rings. The molecule has 0 spiro atoms. The highest BCUT2D eigenvalue weighted by Crippen LogP contribution is 2.17. The fourth-order valence-electron chi connectivity index (χ4n) is 9.87. The van der Waals surface area contributed by atoms with Gasteiger partial charge in [0.2, 0.25) is 5.91 Å². The van der Waals surface area contributed by atoms with E-state index in [1.807, 2.05) is 0 Å². The average molecular weight is 987 g/mol. The summed E-state index contributed by atoms with van der Waals surface area (Å²) in [5.74, 6) is -0.0279. The highest BCUT2D eigenvalue weighted by Gasteiger charge is 2.20. The maximum Gasteiger partial charge on any atom is 0.305 e. The molecule has 2 unspecified atom stereocenters. The molecule has 3 N–H and O–H groups in total. The lowest BCUT2D eigenvalue weighted by molar-refractivity contribution is -0.143. The summed E-state index contributed by atoms with van der Waals surface area (Å²) in [5.41, 5.74) is 0. The van der Waals surface area contributed by atoms with Gasteiger partial charge in [-0.15, -0.1) is 0 Å². The van der Waals surface area contributed by atoms with Gasteiger partial charge < -0.3 is 20.3 Å². The van der Waals surface area contributed by atoms with Crippen LogP contribution in [0.15, 0.2) is 24.3 Å². The van der Waals surface area contributed by atoms with Crippen LogP contribution in [0.5, 0.6) is 0 Å². The van der Waals surface area contributed by atoms with Crippen LogP contribution in [0.3, 0.4) is 0 Å². The zero-order valence-corrected chi connectivity index (χ0v) is 47.3. The van der Waals surface area contributed by atoms with Crippen LogP contribution in [0, 0.1) is 0 Å². The van der Waals surface area contributed by atoms with E-state index >= 15 is 0 Å². The Morgan fingerprint density at radius 2 is 0.671 bits per heavy atom. The van der Waals surface area contributed by atoms with E-state index in [2.05, 4.69) is 43.5 Å². The molecule has 2 atom stereocenters. The zero-order valence-electron chi connectivity index (χ0n) is 47.3. The molecule has 0 aromatic rings. The number of hydrogen-bond acceptors (Lipinski definition) is 5. The van der Waals surface area contributed by atoms with Crippen molar-refractivity contribution in [1.29, 1.82) is 0 Å². The number of ether oxygens (including phenoxy) is 1. The smallest absolute Gasteiger partial charge is 0.305 e. The van der Waals surface area contributed by atoms with Gasteiger partial charge in [0.05, 0.1) is 25.4 Å². The third-order valence-corrected chi connectivity index (χ3v) is 14.7. The van der Waals surface area contributed by atoms with Crippen molar-refractivity contribution in [2.75, 3.05) is 13.2 Å². The molecule has 0 aliphatic carbocycles. The minimum Gasteiger partial charge on any atom is -0.466 e. The van der Waals surface area contributed by atoms with E-state index in [0.717, 1.165) is 44.9 Å². The number of carbonyl (C=O) groups is 2. The standard InChI is InChI=1S/C64H123NO5/c1-3-5-7-9-11-13-15-16-17-18-25-29-32-35-38-42-46-50-54-58-64(69)70-59-55-51-47-43-39-36-33-30-27-24-22-20-19-21-23-26-28-31-34-37-41-45-49-53-57-63(68)65-61(60-66)62(67)56-52-48-44-40-14-12-10-8-6-4-2/h16-17,21,23,61-62,66-67H,3-15,18-20,22,24-60H2,1-2H3,(H,65,68)/b17-16-,23-21-. The molecule has 0 heterocycles. The summed E-state index contributed by atoms with van der Waals surface area (Å²) < 4.78 is 5.50. The summed E-state index contributed by atoms with van der Waals surface area (Å²) in [6.07, 6.45) is 73.4. The number of rotatable bonds is 59. The summed E-state index contributed by atoms with van der Waals surface area (Å²) in [6.45, 7) is 4.95. The fourth-order valence-corrected chi connectivity index (χ4v) is 9.87. The Balaban J connectivity index is 3.36. The molecule has 0 radical (unpaired) electrons. The Morgan fingerprint density at radius 1 is 0.386 bits per heavy atom. The number of nitrogens with one attached hydrogen (secondary N) is 1. The molecule has 0 rings (SSSR count). The Morgan fingerprint density at radius 3 is 1.01 bits per heavy atom. The predicted octanol–water partition coefficient (Wildman–Crippen LogP) is 19.8. The number of hydrogen-bond donors (Lipinski definition) is 3. The van der Waals surface area contributed by atoms with E-state index in [1.54, 1.807) is 0 Å². The highest BCUT2D eigenvalue weighted by molar-refractivity contribution is 5.76. The van der Waals surface area contributed by atoms with E-state index in [4.69, 9.17) is 4.74 Å². The van der Waals surface area contributed by atoms with Gasteiger partial charge in [0.25, 0.3) is 0 Å². The van der Waals surface area contributed by atoms with E-state index in [1.165, 1.54) is 270 Å². The van der Waals surface area contributed by atoms with Crippen LogP contribution in [0.2, 0.25) is 0 Å². The Kier molecular flexibility index (Phi) is 58.5. The lowest BCUT2D eigenvalue weighted by Gasteiger charge is -2.22. The van der Waals surface area contributed by atoms with Gasteiger partial charge in [0.15, 0.2) is 0 Å². The lowest BCUT2D eigenvalue weighted by Crippen LogP contribution is -2.45. The van der Waals surface area contributed by atoms with Crippen LogP contribution in [-0.2, 0) is 14.3 Å². The summed E-state index contributed by atoms with van der Waals surface area (Å²) in [6, 6.07) is -0.543. The number of aliphatic hydroxyl groups excluding tert-OH is 2. The molecule has 0 saturated carbocycles. The molecule has 414 valence electrons. The second kappa shape index (κ2) is 59.9. The van der Waals surface area contributed by atoms with Crippen molar-refractivity contribution in [3.63, 3.8) is 0 Å². The largest absolute Gasteiger partial charge is 0.466 e. The molecule has 0 aliphatic rings. The first-order valence-electron chi connectivity index (χ1n) is 31.6. The quantitative estimate of drug-likeness (QED) is 0.0321. The van der Waals surface area contributed by atoms with Gasteiger partial charge in [0.1, 0.15) is 0 Å². The fraction of sp³-hybridized carbons (Fsp3) is 0.906. The molecular formula is C64H123NO5. The zero-order chi connectivity index (χ0) is 50.7. The molecule has 0 saturated heterocycles. The molecule has 0 aromatic carbocycles. The summed E-state index contributed by atoms with van der Waals surface area (Å²) in [7, 11) is 0. The van der Waals surface area contributed by atoms with Crippen molar-refractivity contribution >= 4 is 11.9 Å². The number of allylic oxidation sites excluding steroid dienone is 4. The average Bonchev–Trinajstić information content (AvgIpc) is 3.36. The van der Waals surface area contributed by atoms with Crippen LogP contribution < -0.4 is 5.32 Å². The van der Waals surface area contributed by atoms with E-state index in [-0.39, 0.29) is 18.5 Å². The van der Waals surface area contributed by atoms with Gasteiger partial charge in [-0.05, 0) is 77.0 Å². The second-order valence-electron chi connectivity index (χ2n) is 21.7. The highest BCUT2D eigenvalue weighted by atomic mass is 16.5. The van der Waals surface area contributed by atoms with E-state index < -0.39 is 12.1 Å². The van der Waals surface area contributed by atoms with Crippen molar-refractivity contribution in [3.05, 3.63) is 24.3 Å². The second-order valence-corrected chi connectivity index (χ2v) is 21.7. The lowest BCUT2D eigenvalue weighted by atomic mass is 10.0. The van der Waals surface area contributed by atoms with Crippen LogP contribution in [-0.4, -0.2) is 47.4 Å². The third-order valence-electron chi connectivity index (χ3n) is 14.7. The first kappa shape index (κ1) is 68.3. The number of carbonyl (C=O) groups excluding carboxylic acids is 2. The minimum atomic E-state index is -0.665. The van der Waals surface area contributed by atoms with Crippen molar-refractivity contribution in [2.24, 2.45) is 0 Å². The first-order valence-corrected chi connectivity index (χ1v) is 31.6. The van der Waals surface area contributed by atoms with Crippen molar-refractivity contribution < 1.29 is 24.5 Å². The van der Waals surface area contributed by atoms with Crippen molar-refractivity contribution in [3.8, 4) is 0 Å². The third kappa shape index (κ3) is 55.7. The van der Waals surface area contributed by atoms with Crippen LogP contribution >= 0.6 is 0 Å². The van der Waals surface area contributed by atoms with Gasteiger partial charge in [0, 0.05) is 12.8 Å². The SMILES string of the molecule is CCCCCCCC/C=C\CCCCCCCCCCCC(=O)OCCCCCCCCCCCCCC/C=C\CCCCCCCCCCC(=O)NC(CO)C(O)CCCCCCCCCCCC. The van der Waals surface area contributed by atoms with Gasteiger partial charge >= 0.3 is 5.97 Å².